The summed E-state index contributed by atoms with van der Waals surface area (Å²) in [6, 6.07) is 2.57. The molecule has 2 aliphatic heterocycles. The van der Waals surface area contributed by atoms with Crippen molar-refractivity contribution in [3.05, 3.63) is 17.3 Å². The largest absolute Gasteiger partial charge is 0.352 e. The Kier molecular flexibility index (Phi) is 2.95. The van der Waals surface area contributed by atoms with E-state index in [9.17, 15) is 4.79 Å². The van der Waals surface area contributed by atoms with Gasteiger partial charge in [-0.3, -0.25) is 0 Å². The average Bonchev–Trinajstić information content (AvgIpc) is 3.04. The molecule has 1 N–H and O–H groups in total. The lowest BCUT2D eigenvalue weighted by atomic mass is 10.1. The van der Waals surface area contributed by atoms with Crippen LogP contribution in [0.4, 0.5) is 10.6 Å². The number of hydrogen-bond donors (Lipinski definition) is 1. The summed E-state index contributed by atoms with van der Waals surface area (Å²) in [6.45, 7) is 5.45. The molecule has 4 rings (SSSR count). The molecule has 0 aliphatic carbocycles. The van der Waals surface area contributed by atoms with Gasteiger partial charge in [-0.1, -0.05) is 6.92 Å². The van der Waals surface area contributed by atoms with Crippen LogP contribution in [0.25, 0.3) is 10.2 Å². The van der Waals surface area contributed by atoms with Gasteiger partial charge in [0.15, 0.2) is 0 Å². The van der Waals surface area contributed by atoms with Crippen molar-refractivity contribution in [2.24, 2.45) is 0 Å². The number of amides is 2. The van der Waals surface area contributed by atoms with Gasteiger partial charge in [0.25, 0.3) is 0 Å². The molecule has 6 nitrogen and oxygen atoms in total. The van der Waals surface area contributed by atoms with Crippen LogP contribution >= 0.6 is 11.3 Å². The zero-order chi connectivity index (χ0) is 14.4. The van der Waals surface area contributed by atoms with Crippen LogP contribution in [0.5, 0.6) is 0 Å². The van der Waals surface area contributed by atoms with Crippen molar-refractivity contribution >= 4 is 33.4 Å². The van der Waals surface area contributed by atoms with Crippen molar-refractivity contribution in [1.82, 2.24) is 20.2 Å². The van der Waals surface area contributed by atoms with Crippen LogP contribution in [-0.2, 0) is 6.42 Å². The molecule has 0 saturated carbocycles. The third kappa shape index (κ3) is 2.03. The molecule has 21 heavy (non-hydrogen) atoms. The summed E-state index contributed by atoms with van der Waals surface area (Å²) in [5.41, 5.74) is 0. The molecule has 2 aromatic heterocycles. The number of fused-ring (bicyclic) bond motifs is 1. The lowest BCUT2D eigenvalue weighted by molar-refractivity contribution is 0.185. The predicted octanol–water partition coefficient (Wildman–Crippen LogP) is 1.47. The maximum atomic E-state index is 11.7. The highest BCUT2D eigenvalue weighted by molar-refractivity contribution is 7.18. The third-order valence-electron chi connectivity index (χ3n) is 4.20. The smallest absolute Gasteiger partial charge is 0.317 e. The number of rotatable bonds is 3. The molecule has 0 atom stereocenters. The van der Waals surface area contributed by atoms with Gasteiger partial charge in [-0.25, -0.2) is 14.8 Å². The van der Waals surface area contributed by atoms with Gasteiger partial charge in [0.1, 0.15) is 17.0 Å². The quantitative estimate of drug-likeness (QED) is 0.933. The molecule has 2 saturated heterocycles. The standard InChI is InChI=1S/C14H17N5OS/c1-2-10-5-11-12(16-8-17-13(11)21-10)18-6-9(7-18)19-4-3-15-14(19)20/h5,8-9H,2-4,6-7H2,1H3,(H,15,20). The van der Waals surface area contributed by atoms with Gasteiger partial charge < -0.3 is 15.1 Å². The zero-order valence-electron chi connectivity index (χ0n) is 11.9. The second-order valence-electron chi connectivity index (χ2n) is 5.47. The Balaban J connectivity index is 1.56. The minimum absolute atomic E-state index is 0.0660. The number of carbonyl (C=O) groups excluding carboxylic acids is 1. The van der Waals surface area contributed by atoms with Gasteiger partial charge in [-0.15, -0.1) is 11.3 Å². The van der Waals surface area contributed by atoms with Gasteiger partial charge in [0.2, 0.25) is 0 Å². The first-order valence-corrected chi connectivity index (χ1v) is 8.10. The van der Waals surface area contributed by atoms with E-state index in [0.29, 0.717) is 6.04 Å². The molecule has 2 aliphatic rings. The first kappa shape index (κ1) is 12.8. The summed E-state index contributed by atoms with van der Waals surface area (Å²) < 4.78 is 0. The Morgan fingerprint density at radius 1 is 1.43 bits per heavy atom. The number of anilines is 1. The van der Waals surface area contributed by atoms with Crippen LogP contribution in [0.2, 0.25) is 0 Å². The van der Waals surface area contributed by atoms with E-state index < -0.39 is 0 Å². The third-order valence-corrected chi connectivity index (χ3v) is 5.39. The first-order valence-electron chi connectivity index (χ1n) is 7.29. The Bertz CT molecular complexity index is 694. The Labute approximate surface area is 126 Å². The molecule has 0 unspecified atom stereocenters. The SMILES string of the molecule is CCc1cc2c(N3CC(N4CCNC4=O)C3)ncnc2s1. The first-order chi connectivity index (χ1) is 10.3. The number of hydrogen-bond acceptors (Lipinski definition) is 5. The van der Waals surface area contributed by atoms with E-state index in [1.807, 2.05) is 4.90 Å². The van der Waals surface area contributed by atoms with Crippen molar-refractivity contribution in [1.29, 1.82) is 0 Å². The van der Waals surface area contributed by atoms with Crippen LogP contribution in [0.1, 0.15) is 11.8 Å². The van der Waals surface area contributed by atoms with Crippen LogP contribution in [0.15, 0.2) is 12.4 Å². The molecule has 0 spiro atoms. The lowest BCUT2D eigenvalue weighted by Gasteiger charge is -2.44. The highest BCUT2D eigenvalue weighted by Gasteiger charge is 2.37. The monoisotopic (exact) mass is 303 g/mol. The van der Waals surface area contributed by atoms with Crippen molar-refractivity contribution in [3.63, 3.8) is 0 Å². The molecule has 2 fully saturated rings. The fourth-order valence-electron chi connectivity index (χ4n) is 2.98. The van der Waals surface area contributed by atoms with Crippen molar-refractivity contribution in [2.75, 3.05) is 31.1 Å². The Morgan fingerprint density at radius 2 is 2.29 bits per heavy atom. The molecule has 4 heterocycles. The second-order valence-corrected chi connectivity index (χ2v) is 6.58. The molecule has 110 valence electrons. The number of aromatic nitrogens is 2. The van der Waals surface area contributed by atoms with Crippen LogP contribution in [0, 0.1) is 0 Å². The van der Waals surface area contributed by atoms with Gasteiger partial charge in [0, 0.05) is 31.1 Å². The van der Waals surface area contributed by atoms with Crippen molar-refractivity contribution in [3.8, 4) is 0 Å². The minimum atomic E-state index is 0.0660. The van der Waals surface area contributed by atoms with Gasteiger partial charge in [0.05, 0.1) is 11.4 Å². The van der Waals surface area contributed by atoms with E-state index in [4.69, 9.17) is 0 Å². The lowest BCUT2D eigenvalue weighted by Crippen LogP contribution is -2.60. The van der Waals surface area contributed by atoms with E-state index >= 15 is 0 Å². The van der Waals surface area contributed by atoms with Crippen molar-refractivity contribution in [2.45, 2.75) is 19.4 Å². The molecule has 2 amide bonds. The van der Waals surface area contributed by atoms with Gasteiger partial charge >= 0.3 is 6.03 Å². The number of thiophene rings is 1. The number of urea groups is 1. The predicted molar refractivity (Wildman–Crippen MR) is 82.9 cm³/mol. The topological polar surface area (TPSA) is 61.4 Å². The van der Waals surface area contributed by atoms with E-state index in [2.05, 4.69) is 33.2 Å². The molecule has 0 aromatic carbocycles. The summed E-state index contributed by atoms with van der Waals surface area (Å²) in [6.07, 6.45) is 2.67. The average molecular weight is 303 g/mol. The number of nitrogens with one attached hydrogen (secondary N) is 1. The fourth-order valence-corrected chi connectivity index (χ4v) is 3.91. The van der Waals surface area contributed by atoms with E-state index in [1.165, 1.54) is 4.88 Å². The molecule has 0 radical (unpaired) electrons. The summed E-state index contributed by atoms with van der Waals surface area (Å²) in [5, 5.41) is 4.00. The van der Waals surface area contributed by atoms with Crippen LogP contribution in [-0.4, -0.2) is 53.1 Å². The van der Waals surface area contributed by atoms with Gasteiger partial charge in [-0.05, 0) is 12.5 Å². The Morgan fingerprint density at radius 3 is 3.00 bits per heavy atom. The van der Waals surface area contributed by atoms with Crippen LogP contribution in [0.3, 0.4) is 0 Å². The molecule has 2 aromatic rings. The summed E-state index contributed by atoms with van der Waals surface area (Å²) >= 11 is 1.74. The minimum Gasteiger partial charge on any atom is -0.352 e. The molecular formula is C14H17N5OS. The van der Waals surface area contributed by atoms with E-state index in [1.54, 1.807) is 17.7 Å². The summed E-state index contributed by atoms with van der Waals surface area (Å²) in [7, 11) is 0. The zero-order valence-corrected chi connectivity index (χ0v) is 12.7. The number of nitrogens with zero attached hydrogens (tertiary/aromatic N) is 4. The van der Waals surface area contributed by atoms with E-state index in [0.717, 1.165) is 48.6 Å². The number of aryl methyl sites for hydroxylation is 1. The highest BCUT2D eigenvalue weighted by Crippen LogP contribution is 2.33. The maximum absolute atomic E-state index is 11.7. The maximum Gasteiger partial charge on any atom is 0.317 e. The Hall–Kier alpha value is -1.89. The fraction of sp³-hybridized carbons (Fsp3) is 0.500. The molecule has 7 heteroatoms. The van der Waals surface area contributed by atoms with E-state index in [-0.39, 0.29) is 6.03 Å². The summed E-state index contributed by atoms with van der Waals surface area (Å²) in [5.74, 6) is 1.01. The second kappa shape index (κ2) is 4.84. The normalized spacial score (nSPS) is 19.2. The molecule has 0 bridgehead atoms. The van der Waals surface area contributed by atoms with Crippen LogP contribution < -0.4 is 10.2 Å². The van der Waals surface area contributed by atoms with Crippen molar-refractivity contribution < 1.29 is 4.79 Å². The molecular weight excluding hydrogens is 286 g/mol. The summed E-state index contributed by atoms with van der Waals surface area (Å²) in [4.78, 5) is 27.1. The number of carbonyl (C=O) groups is 1. The van der Waals surface area contributed by atoms with Gasteiger partial charge in [-0.2, -0.15) is 0 Å². The highest BCUT2D eigenvalue weighted by atomic mass is 32.1.